The summed E-state index contributed by atoms with van der Waals surface area (Å²) in [5.74, 6) is 1.64. The summed E-state index contributed by atoms with van der Waals surface area (Å²) in [7, 11) is 0. The molecular weight excluding hydrogens is 261 g/mol. The molecule has 0 aromatic carbocycles. The van der Waals surface area contributed by atoms with Crippen molar-refractivity contribution in [2.45, 2.75) is 18.8 Å². The third-order valence-corrected chi connectivity index (χ3v) is 2.91. The number of nitrogens with one attached hydrogen (secondary N) is 2. The Hall–Kier alpha value is -1.33. The molecule has 0 bridgehead atoms. The van der Waals surface area contributed by atoms with E-state index < -0.39 is 0 Å². The van der Waals surface area contributed by atoms with E-state index in [0.717, 1.165) is 5.69 Å². The SMILES string of the molecule is Clc1cc(Cl)nc(Nc2cc(C3CC3)[nH]n2)n1. The van der Waals surface area contributed by atoms with Gasteiger partial charge in [0.15, 0.2) is 5.82 Å². The minimum Gasteiger partial charge on any atom is -0.307 e. The van der Waals surface area contributed by atoms with Crippen molar-refractivity contribution in [3.05, 3.63) is 28.1 Å². The maximum Gasteiger partial charge on any atom is 0.231 e. The van der Waals surface area contributed by atoms with Gasteiger partial charge in [0.25, 0.3) is 0 Å². The van der Waals surface area contributed by atoms with Crippen molar-refractivity contribution < 1.29 is 0 Å². The van der Waals surface area contributed by atoms with Gasteiger partial charge in [0.1, 0.15) is 10.3 Å². The van der Waals surface area contributed by atoms with Crippen LogP contribution >= 0.6 is 23.2 Å². The first-order chi connectivity index (χ1) is 8.20. The molecule has 0 radical (unpaired) electrons. The van der Waals surface area contributed by atoms with Crippen molar-refractivity contribution in [1.29, 1.82) is 0 Å². The Kier molecular flexibility index (Phi) is 2.64. The normalized spacial score (nSPS) is 14.9. The first kappa shape index (κ1) is 10.8. The lowest BCUT2D eigenvalue weighted by Gasteiger charge is -2.01. The van der Waals surface area contributed by atoms with E-state index in [4.69, 9.17) is 23.2 Å². The quantitative estimate of drug-likeness (QED) is 0.841. The van der Waals surface area contributed by atoms with Crippen LogP contribution in [0.4, 0.5) is 11.8 Å². The number of aromatic nitrogens is 4. The highest BCUT2D eigenvalue weighted by Crippen LogP contribution is 2.39. The van der Waals surface area contributed by atoms with Crippen molar-refractivity contribution in [1.82, 2.24) is 20.2 Å². The molecule has 1 fully saturated rings. The third-order valence-electron chi connectivity index (χ3n) is 2.52. The monoisotopic (exact) mass is 269 g/mol. The summed E-state index contributed by atoms with van der Waals surface area (Å²) in [6.45, 7) is 0. The van der Waals surface area contributed by atoms with Gasteiger partial charge in [-0.2, -0.15) is 5.10 Å². The Bertz CT molecular complexity index is 529. The number of H-pyrrole nitrogens is 1. The minimum absolute atomic E-state index is 0.297. The molecule has 0 atom stereocenters. The molecule has 1 aliphatic carbocycles. The number of anilines is 2. The van der Waals surface area contributed by atoms with Gasteiger partial charge in [0.05, 0.1) is 0 Å². The number of nitrogens with zero attached hydrogens (tertiary/aromatic N) is 3. The maximum atomic E-state index is 5.78. The van der Waals surface area contributed by atoms with Gasteiger partial charge in [-0.15, -0.1) is 0 Å². The second-order valence-corrected chi connectivity index (χ2v) is 4.72. The minimum atomic E-state index is 0.297. The first-order valence-corrected chi connectivity index (χ1v) is 5.99. The Morgan fingerprint density at radius 2 is 1.88 bits per heavy atom. The lowest BCUT2D eigenvalue weighted by atomic mass is 10.3. The number of hydrogen-bond acceptors (Lipinski definition) is 4. The van der Waals surface area contributed by atoms with Crippen LogP contribution in [0.25, 0.3) is 0 Å². The molecule has 0 unspecified atom stereocenters. The molecule has 2 N–H and O–H groups in total. The predicted octanol–water partition coefficient (Wildman–Crippen LogP) is 3.13. The smallest absolute Gasteiger partial charge is 0.231 e. The van der Waals surface area contributed by atoms with Crippen molar-refractivity contribution >= 4 is 35.0 Å². The third kappa shape index (κ3) is 2.50. The molecular formula is C10H9Cl2N5. The molecule has 0 saturated heterocycles. The summed E-state index contributed by atoms with van der Waals surface area (Å²) >= 11 is 11.6. The van der Waals surface area contributed by atoms with E-state index >= 15 is 0 Å². The zero-order chi connectivity index (χ0) is 11.8. The zero-order valence-electron chi connectivity index (χ0n) is 8.74. The van der Waals surface area contributed by atoms with E-state index in [1.807, 2.05) is 6.07 Å². The molecule has 0 aliphatic heterocycles. The van der Waals surface area contributed by atoms with Gasteiger partial charge in [-0.05, 0) is 12.8 Å². The molecule has 1 saturated carbocycles. The summed E-state index contributed by atoms with van der Waals surface area (Å²) in [4.78, 5) is 8.01. The van der Waals surface area contributed by atoms with Gasteiger partial charge < -0.3 is 5.32 Å². The predicted molar refractivity (Wildman–Crippen MR) is 65.9 cm³/mol. The van der Waals surface area contributed by atoms with Gasteiger partial charge >= 0.3 is 0 Å². The Morgan fingerprint density at radius 1 is 1.18 bits per heavy atom. The van der Waals surface area contributed by atoms with Crippen LogP contribution in [-0.4, -0.2) is 20.2 Å². The number of hydrogen-bond donors (Lipinski definition) is 2. The highest BCUT2D eigenvalue weighted by molar-refractivity contribution is 6.33. The molecule has 7 heteroatoms. The zero-order valence-corrected chi connectivity index (χ0v) is 10.3. The number of aromatic amines is 1. The molecule has 3 rings (SSSR count). The highest BCUT2D eigenvalue weighted by Gasteiger charge is 2.25. The molecule has 5 nitrogen and oxygen atoms in total. The van der Waals surface area contributed by atoms with Crippen LogP contribution in [0.2, 0.25) is 10.3 Å². The van der Waals surface area contributed by atoms with E-state index in [0.29, 0.717) is 28.0 Å². The Labute approximate surface area is 108 Å². The van der Waals surface area contributed by atoms with Gasteiger partial charge in [-0.1, -0.05) is 23.2 Å². The summed E-state index contributed by atoms with van der Waals surface area (Å²) in [5.41, 5.74) is 1.14. The molecule has 2 heterocycles. The summed E-state index contributed by atoms with van der Waals surface area (Å²) in [6.07, 6.45) is 2.45. The molecule has 2 aromatic rings. The Morgan fingerprint density at radius 3 is 2.53 bits per heavy atom. The van der Waals surface area contributed by atoms with E-state index in [2.05, 4.69) is 25.5 Å². The molecule has 0 amide bonds. The summed E-state index contributed by atoms with van der Waals surface area (Å²) < 4.78 is 0. The molecule has 1 aliphatic rings. The van der Waals surface area contributed by atoms with Crippen LogP contribution in [0.15, 0.2) is 12.1 Å². The lowest BCUT2D eigenvalue weighted by Crippen LogP contribution is -1.97. The molecule has 17 heavy (non-hydrogen) atoms. The van der Waals surface area contributed by atoms with Crippen LogP contribution in [-0.2, 0) is 0 Å². The highest BCUT2D eigenvalue weighted by atomic mass is 35.5. The van der Waals surface area contributed by atoms with Gasteiger partial charge in [-0.25, -0.2) is 9.97 Å². The topological polar surface area (TPSA) is 66.5 Å². The van der Waals surface area contributed by atoms with Crippen LogP contribution in [0.3, 0.4) is 0 Å². The fourth-order valence-corrected chi connectivity index (χ4v) is 1.99. The first-order valence-electron chi connectivity index (χ1n) is 5.23. The van der Waals surface area contributed by atoms with Crippen molar-refractivity contribution in [3.8, 4) is 0 Å². The maximum absolute atomic E-state index is 5.78. The van der Waals surface area contributed by atoms with E-state index in [-0.39, 0.29) is 0 Å². The molecule has 88 valence electrons. The van der Waals surface area contributed by atoms with E-state index in [1.165, 1.54) is 18.9 Å². The fourth-order valence-electron chi connectivity index (χ4n) is 1.56. The summed E-state index contributed by atoms with van der Waals surface area (Å²) in [5, 5.41) is 10.7. The van der Waals surface area contributed by atoms with Crippen molar-refractivity contribution in [3.63, 3.8) is 0 Å². The van der Waals surface area contributed by atoms with E-state index in [9.17, 15) is 0 Å². The van der Waals surface area contributed by atoms with Crippen molar-refractivity contribution in [2.75, 3.05) is 5.32 Å². The second kappa shape index (κ2) is 4.16. The second-order valence-electron chi connectivity index (χ2n) is 3.94. The van der Waals surface area contributed by atoms with Gasteiger partial charge in [-0.3, -0.25) is 5.10 Å². The standard InChI is InChI=1S/C10H9Cl2N5/c11-7-4-8(12)14-10(13-7)15-9-3-6(16-17-9)5-1-2-5/h3-5H,1-2H2,(H2,13,14,15,16,17). The van der Waals surface area contributed by atoms with Gasteiger partial charge in [0, 0.05) is 23.7 Å². The van der Waals surface area contributed by atoms with E-state index in [1.54, 1.807) is 0 Å². The average Bonchev–Trinajstić information content (AvgIpc) is 2.99. The average molecular weight is 270 g/mol. The van der Waals surface area contributed by atoms with Crippen LogP contribution in [0.5, 0.6) is 0 Å². The number of rotatable bonds is 3. The molecule has 2 aromatic heterocycles. The Balaban J connectivity index is 1.80. The largest absolute Gasteiger partial charge is 0.307 e. The number of halogens is 2. The van der Waals surface area contributed by atoms with Crippen LogP contribution in [0, 0.1) is 0 Å². The van der Waals surface area contributed by atoms with Crippen molar-refractivity contribution in [2.24, 2.45) is 0 Å². The van der Waals surface area contributed by atoms with Crippen LogP contribution < -0.4 is 5.32 Å². The fraction of sp³-hybridized carbons (Fsp3) is 0.300. The van der Waals surface area contributed by atoms with Gasteiger partial charge in [0.2, 0.25) is 5.95 Å². The lowest BCUT2D eigenvalue weighted by molar-refractivity contribution is 0.965. The summed E-state index contributed by atoms with van der Waals surface area (Å²) in [6, 6.07) is 3.43. The molecule has 0 spiro atoms. The van der Waals surface area contributed by atoms with Crippen LogP contribution in [0.1, 0.15) is 24.5 Å².